The van der Waals surface area contributed by atoms with E-state index in [1.54, 1.807) is 37.3 Å². The SMILES string of the molecule is Cc1cc(C(=O)N2CCOc3ccccc3C2C(=O)O)ncn1. The molecule has 1 aliphatic heterocycles. The maximum atomic E-state index is 12.7. The van der Waals surface area contributed by atoms with Gasteiger partial charge < -0.3 is 14.7 Å². The second-order valence-electron chi connectivity index (χ2n) is 5.17. The van der Waals surface area contributed by atoms with Crippen LogP contribution in [0.3, 0.4) is 0 Å². The highest BCUT2D eigenvalue weighted by atomic mass is 16.5. The van der Waals surface area contributed by atoms with Gasteiger partial charge in [-0.15, -0.1) is 0 Å². The van der Waals surface area contributed by atoms with E-state index in [0.29, 0.717) is 17.0 Å². The summed E-state index contributed by atoms with van der Waals surface area (Å²) in [5.41, 5.74) is 1.27. The summed E-state index contributed by atoms with van der Waals surface area (Å²) in [6, 6.07) is 7.28. The molecule has 7 heteroatoms. The van der Waals surface area contributed by atoms with Crippen molar-refractivity contribution in [1.82, 2.24) is 14.9 Å². The van der Waals surface area contributed by atoms with Crippen molar-refractivity contribution in [3.8, 4) is 5.75 Å². The standard InChI is InChI=1S/C16H15N3O4/c1-10-8-12(18-9-17-10)15(20)19-6-7-23-13-5-3-2-4-11(13)14(19)16(21)22/h2-5,8-9,14H,6-7H2,1H3,(H,21,22). The third-order valence-electron chi connectivity index (χ3n) is 3.63. The molecule has 0 bridgehead atoms. The number of hydrogen-bond acceptors (Lipinski definition) is 5. The van der Waals surface area contributed by atoms with Crippen molar-refractivity contribution < 1.29 is 19.4 Å². The van der Waals surface area contributed by atoms with Crippen LogP contribution in [0.2, 0.25) is 0 Å². The Morgan fingerprint density at radius 1 is 1.30 bits per heavy atom. The average Bonchev–Trinajstić information content (AvgIpc) is 2.73. The van der Waals surface area contributed by atoms with Crippen molar-refractivity contribution in [1.29, 1.82) is 0 Å². The number of carboxylic acid groups (broad SMARTS) is 1. The number of carbonyl (C=O) groups is 2. The molecule has 0 spiro atoms. The Morgan fingerprint density at radius 3 is 2.83 bits per heavy atom. The lowest BCUT2D eigenvalue weighted by Crippen LogP contribution is -2.40. The molecule has 1 aromatic heterocycles. The number of fused-ring (bicyclic) bond motifs is 1. The van der Waals surface area contributed by atoms with Crippen molar-refractivity contribution in [2.24, 2.45) is 0 Å². The van der Waals surface area contributed by atoms with Crippen molar-refractivity contribution >= 4 is 11.9 Å². The minimum absolute atomic E-state index is 0.160. The van der Waals surface area contributed by atoms with Crippen molar-refractivity contribution in [2.45, 2.75) is 13.0 Å². The van der Waals surface area contributed by atoms with Gasteiger partial charge in [-0.2, -0.15) is 0 Å². The smallest absolute Gasteiger partial charge is 0.331 e. The van der Waals surface area contributed by atoms with E-state index in [9.17, 15) is 14.7 Å². The fourth-order valence-corrected chi connectivity index (χ4v) is 2.59. The van der Waals surface area contributed by atoms with E-state index < -0.39 is 17.9 Å². The number of hydrogen-bond donors (Lipinski definition) is 1. The minimum atomic E-state index is -1.11. The minimum Gasteiger partial charge on any atom is -0.491 e. The number of rotatable bonds is 2. The van der Waals surface area contributed by atoms with Crippen molar-refractivity contribution in [2.75, 3.05) is 13.2 Å². The van der Waals surface area contributed by atoms with Gasteiger partial charge in [-0.3, -0.25) is 4.79 Å². The van der Waals surface area contributed by atoms with Gasteiger partial charge in [0.15, 0.2) is 6.04 Å². The maximum Gasteiger partial charge on any atom is 0.331 e. The van der Waals surface area contributed by atoms with Crippen LogP contribution in [0.4, 0.5) is 0 Å². The molecule has 23 heavy (non-hydrogen) atoms. The summed E-state index contributed by atoms with van der Waals surface area (Å²) < 4.78 is 5.58. The van der Waals surface area contributed by atoms with Crippen LogP contribution in [-0.2, 0) is 4.79 Å². The van der Waals surface area contributed by atoms with E-state index in [4.69, 9.17) is 4.74 Å². The monoisotopic (exact) mass is 313 g/mol. The summed E-state index contributed by atoms with van der Waals surface area (Å²) >= 11 is 0. The van der Waals surface area contributed by atoms with Crippen molar-refractivity contribution in [3.05, 3.63) is 53.6 Å². The largest absolute Gasteiger partial charge is 0.491 e. The average molecular weight is 313 g/mol. The summed E-state index contributed by atoms with van der Waals surface area (Å²) in [4.78, 5) is 33.7. The highest BCUT2D eigenvalue weighted by Gasteiger charge is 2.36. The van der Waals surface area contributed by atoms with Crippen molar-refractivity contribution in [3.63, 3.8) is 0 Å². The second kappa shape index (κ2) is 6.04. The van der Waals surface area contributed by atoms with Gasteiger partial charge in [-0.1, -0.05) is 18.2 Å². The summed E-state index contributed by atoms with van der Waals surface area (Å²) in [7, 11) is 0. The zero-order valence-electron chi connectivity index (χ0n) is 12.5. The molecule has 7 nitrogen and oxygen atoms in total. The topological polar surface area (TPSA) is 92.6 Å². The van der Waals surface area contributed by atoms with Gasteiger partial charge in [0.2, 0.25) is 0 Å². The van der Waals surface area contributed by atoms with Gasteiger partial charge in [0, 0.05) is 11.3 Å². The Labute approximate surface area is 132 Å². The van der Waals surface area contributed by atoms with Crippen LogP contribution in [0, 0.1) is 6.92 Å². The lowest BCUT2D eigenvalue weighted by Gasteiger charge is -2.26. The molecule has 118 valence electrons. The molecular formula is C16H15N3O4. The predicted molar refractivity (Wildman–Crippen MR) is 80.1 cm³/mol. The summed E-state index contributed by atoms with van der Waals surface area (Å²) in [6.07, 6.45) is 1.29. The Bertz CT molecular complexity index is 762. The molecule has 0 fully saturated rings. The first-order valence-electron chi connectivity index (χ1n) is 7.12. The third kappa shape index (κ3) is 2.85. The first kappa shape index (κ1) is 15.0. The number of benzene rings is 1. The van der Waals surface area contributed by atoms with Crippen LogP contribution < -0.4 is 4.74 Å². The quantitative estimate of drug-likeness (QED) is 0.902. The van der Waals surface area contributed by atoms with E-state index >= 15 is 0 Å². The molecule has 1 amide bonds. The van der Waals surface area contributed by atoms with Crippen LogP contribution in [0.15, 0.2) is 36.7 Å². The third-order valence-corrected chi connectivity index (χ3v) is 3.63. The first-order valence-corrected chi connectivity index (χ1v) is 7.12. The molecule has 0 radical (unpaired) electrons. The molecule has 2 aromatic rings. The molecular weight excluding hydrogens is 298 g/mol. The molecule has 2 heterocycles. The molecule has 0 saturated carbocycles. The van der Waals surface area contributed by atoms with E-state index in [-0.39, 0.29) is 18.8 Å². The highest BCUT2D eigenvalue weighted by molar-refractivity contribution is 5.95. The summed E-state index contributed by atoms with van der Waals surface area (Å²) in [5, 5.41) is 9.65. The normalized spacial score (nSPS) is 16.9. The van der Waals surface area contributed by atoms with Gasteiger partial charge in [-0.25, -0.2) is 14.8 Å². The lowest BCUT2D eigenvalue weighted by atomic mass is 10.0. The Hall–Kier alpha value is -2.96. The molecule has 1 atom stereocenters. The number of aliphatic carboxylic acids is 1. The zero-order valence-corrected chi connectivity index (χ0v) is 12.5. The number of aromatic nitrogens is 2. The number of aryl methyl sites for hydroxylation is 1. The number of carboxylic acids is 1. The molecule has 1 aliphatic rings. The number of amides is 1. The number of para-hydroxylation sites is 1. The molecule has 0 saturated heterocycles. The number of ether oxygens (including phenoxy) is 1. The molecule has 0 aliphatic carbocycles. The van der Waals surface area contributed by atoms with E-state index in [0.717, 1.165) is 0 Å². The molecule has 1 unspecified atom stereocenters. The van der Waals surface area contributed by atoms with Gasteiger partial charge in [-0.05, 0) is 19.1 Å². The predicted octanol–water partition coefficient (Wildman–Crippen LogP) is 1.45. The highest BCUT2D eigenvalue weighted by Crippen LogP contribution is 2.32. The van der Waals surface area contributed by atoms with E-state index in [2.05, 4.69) is 9.97 Å². The van der Waals surface area contributed by atoms with Crippen LogP contribution in [0.1, 0.15) is 27.8 Å². The molecule has 1 N–H and O–H groups in total. The molecule has 1 aromatic carbocycles. The fourth-order valence-electron chi connectivity index (χ4n) is 2.59. The summed E-state index contributed by atoms with van der Waals surface area (Å²) in [5.74, 6) is -1.08. The lowest BCUT2D eigenvalue weighted by molar-refractivity contribution is -0.142. The Balaban J connectivity index is 2.03. The molecule has 3 rings (SSSR count). The summed E-state index contributed by atoms with van der Waals surface area (Å²) in [6.45, 7) is 2.12. The number of nitrogens with zero attached hydrogens (tertiary/aromatic N) is 3. The second-order valence-corrected chi connectivity index (χ2v) is 5.17. The van der Waals surface area contributed by atoms with Gasteiger partial charge in [0.25, 0.3) is 5.91 Å². The van der Waals surface area contributed by atoms with Crippen LogP contribution in [-0.4, -0.2) is 45.0 Å². The van der Waals surface area contributed by atoms with E-state index in [1.165, 1.54) is 11.2 Å². The first-order chi connectivity index (χ1) is 11.1. The van der Waals surface area contributed by atoms with Gasteiger partial charge in [0.1, 0.15) is 24.4 Å². The van der Waals surface area contributed by atoms with Crippen LogP contribution in [0.25, 0.3) is 0 Å². The Morgan fingerprint density at radius 2 is 2.09 bits per heavy atom. The Kier molecular flexibility index (Phi) is 3.92. The maximum absolute atomic E-state index is 12.7. The van der Waals surface area contributed by atoms with Crippen LogP contribution in [0.5, 0.6) is 5.75 Å². The van der Waals surface area contributed by atoms with Gasteiger partial charge >= 0.3 is 5.97 Å². The number of carbonyl (C=O) groups excluding carboxylic acids is 1. The van der Waals surface area contributed by atoms with Gasteiger partial charge in [0.05, 0.1) is 6.54 Å². The van der Waals surface area contributed by atoms with Crippen LogP contribution >= 0.6 is 0 Å². The zero-order chi connectivity index (χ0) is 16.4. The van der Waals surface area contributed by atoms with E-state index in [1.807, 2.05) is 0 Å². The fraction of sp³-hybridized carbons (Fsp3) is 0.250.